The van der Waals surface area contributed by atoms with Gasteiger partial charge in [-0.3, -0.25) is 0 Å². The fraction of sp³-hybridized carbons (Fsp3) is 0.846. The maximum atomic E-state index is 12.1. The van der Waals surface area contributed by atoms with Crippen LogP contribution in [-0.4, -0.2) is 65.7 Å². The lowest BCUT2D eigenvalue weighted by Gasteiger charge is -2.39. The van der Waals surface area contributed by atoms with Crippen LogP contribution in [0.15, 0.2) is 0 Å². The van der Waals surface area contributed by atoms with E-state index in [1.165, 1.54) is 0 Å². The highest BCUT2D eigenvalue weighted by Gasteiger charge is 2.34. The van der Waals surface area contributed by atoms with E-state index < -0.39 is 17.4 Å². The number of carboxylic acids is 1. The van der Waals surface area contributed by atoms with Gasteiger partial charge in [-0.05, 0) is 19.4 Å². The Morgan fingerprint density at radius 1 is 1.32 bits per heavy atom. The first-order valence-electron chi connectivity index (χ1n) is 6.61. The molecule has 0 aliphatic carbocycles. The second-order valence-corrected chi connectivity index (χ2v) is 6.36. The molecule has 1 rings (SSSR count). The van der Waals surface area contributed by atoms with E-state index in [1.807, 2.05) is 7.05 Å². The maximum absolute atomic E-state index is 12.1. The van der Waals surface area contributed by atoms with Crippen LogP contribution in [0.25, 0.3) is 0 Å². The first kappa shape index (κ1) is 15.8. The molecular formula is C13H25N3O3. The highest BCUT2D eigenvalue weighted by molar-refractivity contribution is 5.83. The summed E-state index contributed by atoms with van der Waals surface area (Å²) >= 11 is 0. The average Bonchev–Trinajstić information content (AvgIpc) is 2.27. The molecule has 1 heterocycles. The van der Waals surface area contributed by atoms with Gasteiger partial charge in [-0.2, -0.15) is 0 Å². The molecule has 1 aliphatic heterocycles. The van der Waals surface area contributed by atoms with Crippen molar-refractivity contribution >= 4 is 12.0 Å². The van der Waals surface area contributed by atoms with E-state index in [2.05, 4.69) is 17.1 Å². The molecule has 2 unspecified atom stereocenters. The van der Waals surface area contributed by atoms with Gasteiger partial charge in [-0.1, -0.05) is 20.8 Å². The summed E-state index contributed by atoms with van der Waals surface area (Å²) < 4.78 is 0. The lowest BCUT2D eigenvalue weighted by atomic mass is 9.87. The molecule has 110 valence electrons. The average molecular weight is 271 g/mol. The molecule has 0 aromatic carbocycles. The zero-order valence-corrected chi connectivity index (χ0v) is 12.4. The number of urea groups is 1. The van der Waals surface area contributed by atoms with E-state index in [4.69, 9.17) is 0 Å². The number of aliphatic carboxylic acids is 1. The Balaban J connectivity index is 2.66. The van der Waals surface area contributed by atoms with Crippen LogP contribution in [0.5, 0.6) is 0 Å². The van der Waals surface area contributed by atoms with Gasteiger partial charge in [0.2, 0.25) is 0 Å². The van der Waals surface area contributed by atoms with Crippen molar-refractivity contribution in [3.05, 3.63) is 0 Å². The minimum absolute atomic E-state index is 0.289. The van der Waals surface area contributed by atoms with Gasteiger partial charge in [0.25, 0.3) is 0 Å². The summed E-state index contributed by atoms with van der Waals surface area (Å²) in [5, 5.41) is 11.8. The predicted octanol–water partition coefficient (Wildman–Crippen LogP) is 0.831. The van der Waals surface area contributed by atoms with Crippen molar-refractivity contribution < 1.29 is 14.7 Å². The first-order valence-corrected chi connectivity index (χ1v) is 6.61. The number of carbonyl (C=O) groups is 2. The number of amides is 2. The third kappa shape index (κ3) is 4.09. The van der Waals surface area contributed by atoms with Gasteiger partial charge in [-0.15, -0.1) is 0 Å². The van der Waals surface area contributed by atoms with Crippen molar-refractivity contribution in [3.8, 4) is 0 Å². The molecule has 0 spiro atoms. The molecule has 2 amide bonds. The summed E-state index contributed by atoms with van der Waals surface area (Å²) in [7, 11) is 2.02. The van der Waals surface area contributed by atoms with Crippen molar-refractivity contribution in [2.45, 2.75) is 39.8 Å². The normalized spacial score (nSPS) is 23.0. The topological polar surface area (TPSA) is 72.9 Å². The Labute approximate surface area is 114 Å². The van der Waals surface area contributed by atoms with Crippen LogP contribution in [0.4, 0.5) is 4.79 Å². The van der Waals surface area contributed by atoms with Crippen molar-refractivity contribution in [3.63, 3.8) is 0 Å². The molecule has 0 aromatic heterocycles. The Morgan fingerprint density at radius 3 is 2.32 bits per heavy atom. The zero-order chi connectivity index (χ0) is 14.8. The number of carbonyl (C=O) groups excluding carboxylic acids is 1. The van der Waals surface area contributed by atoms with E-state index in [0.29, 0.717) is 13.1 Å². The number of piperazine rings is 1. The molecule has 1 saturated heterocycles. The second kappa shape index (κ2) is 5.77. The molecule has 0 saturated carbocycles. The fourth-order valence-corrected chi connectivity index (χ4v) is 2.10. The minimum atomic E-state index is -0.997. The van der Waals surface area contributed by atoms with Crippen LogP contribution in [0.3, 0.4) is 0 Å². The summed E-state index contributed by atoms with van der Waals surface area (Å²) in [5.41, 5.74) is -0.514. The quantitative estimate of drug-likeness (QED) is 0.780. The van der Waals surface area contributed by atoms with E-state index in [-0.39, 0.29) is 12.1 Å². The number of carboxylic acid groups (broad SMARTS) is 1. The molecule has 6 heteroatoms. The Hall–Kier alpha value is -1.30. The van der Waals surface area contributed by atoms with E-state index in [0.717, 1.165) is 6.54 Å². The molecule has 19 heavy (non-hydrogen) atoms. The van der Waals surface area contributed by atoms with E-state index in [9.17, 15) is 14.7 Å². The zero-order valence-electron chi connectivity index (χ0n) is 12.4. The maximum Gasteiger partial charge on any atom is 0.326 e. The molecule has 0 bridgehead atoms. The van der Waals surface area contributed by atoms with Gasteiger partial charge in [0, 0.05) is 25.7 Å². The number of likely N-dealkylation sites (N-methyl/N-ethyl adjacent to an activating group) is 1. The van der Waals surface area contributed by atoms with Crippen LogP contribution in [0.2, 0.25) is 0 Å². The molecule has 1 aliphatic rings. The molecule has 2 atom stereocenters. The van der Waals surface area contributed by atoms with Gasteiger partial charge >= 0.3 is 12.0 Å². The lowest BCUT2D eigenvalue weighted by Crippen LogP contribution is -2.58. The van der Waals surface area contributed by atoms with Crippen molar-refractivity contribution in [1.29, 1.82) is 0 Å². The molecule has 1 fully saturated rings. The Morgan fingerprint density at radius 2 is 1.89 bits per heavy atom. The summed E-state index contributed by atoms with van der Waals surface area (Å²) in [4.78, 5) is 27.3. The SMILES string of the molecule is CC1CN(C(=O)NC(C(=O)O)C(C)(C)C)CCN1C. The summed E-state index contributed by atoms with van der Waals surface area (Å²) in [6.45, 7) is 9.53. The number of nitrogens with one attached hydrogen (secondary N) is 1. The van der Waals surface area contributed by atoms with Crippen LogP contribution in [-0.2, 0) is 4.79 Å². The summed E-state index contributed by atoms with van der Waals surface area (Å²) in [6, 6.07) is -0.880. The standard InChI is InChI=1S/C13H25N3O3/c1-9-8-16(7-6-15(9)5)12(19)14-10(11(17)18)13(2,3)4/h9-10H,6-8H2,1-5H3,(H,14,19)(H,17,18). The van der Waals surface area contributed by atoms with E-state index in [1.54, 1.807) is 25.7 Å². The molecule has 0 aromatic rings. The third-order valence-corrected chi connectivity index (χ3v) is 3.63. The lowest BCUT2D eigenvalue weighted by molar-refractivity contribution is -0.142. The number of rotatable bonds is 2. The van der Waals surface area contributed by atoms with Crippen LogP contribution < -0.4 is 5.32 Å². The largest absolute Gasteiger partial charge is 0.480 e. The van der Waals surface area contributed by atoms with Crippen LogP contribution >= 0.6 is 0 Å². The van der Waals surface area contributed by atoms with E-state index >= 15 is 0 Å². The molecule has 0 radical (unpaired) electrons. The summed E-state index contributed by atoms with van der Waals surface area (Å²) in [6.07, 6.45) is 0. The van der Waals surface area contributed by atoms with Crippen molar-refractivity contribution in [1.82, 2.24) is 15.1 Å². The van der Waals surface area contributed by atoms with Crippen LogP contribution in [0, 0.1) is 5.41 Å². The van der Waals surface area contributed by atoms with Crippen molar-refractivity contribution in [2.75, 3.05) is 26.7 Å². The second-order valence-electron chi connectivity index (χ2n) is 6.36. The highest BCUT2D eigenvalue weighted by atomic mass is 16.4. The molecular weight excluding hydrogens is 246 g/mol. The van der Waals surface area contributed by atoms with Gasteiger partial charge < -0.3 is 20.2 Å². The predicted molar refractivity (Wildman–Crippen MR) is 73.1 cm³/mol. The van der Waals surface area contributed by atoms with Crippen LogP contribution in [0.1, 0.15) is 27.7 Å². The summed E-state index contributed by atoms with van der Waals surface area (Å²) in [5.74, 6) is -0.997. The number of hydrogen-bond donors (Lipinski definition) is 2. The van der Waals surface area contributed by atoms with Gasteiger partial charge in [0.15, 0.2) is 0 Å². The Kier molecular flexibility index (Phi) is 4.79. The minimum Gasteiger partial charge on any atom is -0.480 e. The molecule has 2 N–H and O–H groups in total. The monoisotopic (exact) mass is 271 g/mol. The fourth-order valence-electron chi connectivity index (χ4n) is 2.10. The molecule has 6 nitrogen and oxygen atoms in total. The smallest absolute Gasteiger partial charge is 0.326 e. The third-order valence-electron chi connectivity index (χ3n) is 3.63. The first-order chi connectivity index (χ1) is 8.62. The van der Waals surface area contributed by atoms with Gasteiger partial charge in [0.05, 0.1) is 0 Å². The Bertz CT molecular complexity index is 352. The van der Waals surface area contributed by atoms with Gasteiger partial charge in [-0.25, -0.2) is 9.59 Å². The number of nitrogens with zero attached hydrogens (tertiary/aromatic N) is 2. The van der Waals surface area contributed by atoms with Crippen molar-refractivity contribution in [2.24, 2.45) is 5.41 Å². The number of hydrogen-bond acceptors (Lipinski definition) is 3. The van der Waals surface area contributed by atoms with Gasteiger partial charge in [0.1, 0.15) is 6.04 Å². The highest BCUT2D eigenvalue weighted by Crippen LogP contribution is 2.20.